The highest BCUT2D eigenvalue weighted by atomic mass is 32.2. The Balaban J connectivity index is 0.000000188. The number of sulfone groups is 2. The smallest absolute Gasteiger partial charge is 0.376 e. The topological polar surface area (TPSA) is 135 Å². The first-order valence-electron chi connectivity index (χ1n) is 16.1. The van der Waals surface area contributed by atoms with Gasteiger partial charge in [-0.15, -0.1) is 0 Å². The lowest BCUT2D eigenvalue weighted by molar-refractivity contribution is 0.411. The molecule has 0 bridgehead atoms. The van der Waals surface area contributed by atoms with Crippen LogP contribution in [0.2, 0.25) is 6.82 Å². The van der Waals surface area contributed by atoms with Crippen LogP contribution in [0.1, 0.15) is 46.9 Å². The van der Waals surface area contributed by atoms with Crippen molar-refractivity contribution in [3.63, 3.8) is 0 Å². The Morgan fingerprint density at radius 3 is 1.46 bits per heavy atom. The summed E-state index contributed by atoms with van der Waals surface area (Å²) < 4.78 is 50.9. The van der Waals surface area contributed by atoms with Crippen LogP contribution in [0.5, 0.6) is 11.5 Å². The Kier molecular flexibility index (Phi) is 10.7. The van der Waals surface area contributed by atoms with Gasteiger partial charge in [0.2, 0.25) is 19.7 Å². The summed E-state index contributed by atoms with van der Waals surface area (Å²) in [5, 5.41) is 28.8. The average molecular weight is 691 g/mol. The minimum atomic E-state index is -3.66. The number of phenols is 2. The first-order chi connectivity index (χ1) is 22.7. The van der Waals surface area contributed by atoms with E-state index in [2.05, 4.69) is 11.9 Å². The maximum atomic E-state index is 12.8. The van der Waals surface area contributed by atoms with Crippen LogP contribution >= 0.6 is 0 Å². The van der Waals surface area contributed by atoms with Gasteiger partial charge >= 0.3 is 7.05 Å². The van der Waals surface area contributed by atoms with Crippen LogP contribution in [-0.4, -0.2) is 82.1 Å². The predicted molar refractivity (Wildman–Crippen MR) is 187 cm³/mol. The minimum Gasteiger partial charge on any atom is -0.508 e. The summed E-state index contributed by atoms with van der Waals surface area (Å²) in [6.07, 6.45) is 2.06. The molecular formula is C36H43BN2O7S2. The molecule has 48 heavy (non-hydrogen) atoms. The Hall–Kier alpha value is -3.68. The zero-order valence-electron chi connectivity index (χ0n) is 27.7. The van der Waals surface area contributed by atoms with Gasteiger partial charge < -0.3 is 24.9 Å². The molecule has 0 spiro atoms. The maximum absolute atomic E-state index is 12.8. The molecule has 12 heteroatoms. The van der Waals surface area contributed by atoms with E-state index in [1.54, 1.807) is 31.1 Å². The van der Waals surface area contributed by atoms with Gasteiger partial charge in [0.15, 0.2) is 0 Å². The van der Waals surface area contributed by atoms with Gasteiger partial charge in [-0.2, -0.15) is 0 Å². The molecule has 0 amide bonds. The minimum absolute atomic E-state index is 0.0478. The lowest BCUT2D eigenvalue weighted by Crippen LogP contribution is -2.34. The van der Waals surface area contributed by atoms with Crippen molar-refractivity contribution in [2.45, 2.75) is 64.9 Å². The summed E-state index contributed by atoms with van der Waals surface area (Å²) in [6, 6.07) is 22.1. The molecule has 2 aliphatic heterocycles. The van der Waals surface area contributed by atoms with Gasteiger partial charge in [0, 0.05) is 6.54 Å². The molecule has 2 saturated heterocycles. The number of likely N-dealkylation sites (N-methyl/N-ethyl adjacent to an activating group) is 1. The van der Waals surface area contributed by atoms with Crippen molar-refractivity contribution in [2.24, 2.45) is 0 Å². The number of benzene rings is 4. The fourth-order valence-electron chi connectivity index (χ4n) is 6.69. The molecule has 2 aliphatic rings. The number of aromatic hydroxyl groups is 2. The molecule has 0 aromatic heterocycles. The van der Waals surface area contributed by atoms with Crippen LogP contribution < -0.4 is 0 Å². The zero-order valence-corrected chi connectivity index (χ0v) is 29.4. The second kappa shape index (κ2) is 14.4. The van der Waals surface area contributed by atoms with Crippen LogP contribution in [0.3, 0.4) is 0 Å². The molecule has 254 valence electrons. The zero-order chi connectivity index (χ0) is 34.8. The van der Waals surface area contributed by atoms with E-state index in [9.17, 15) is 32.1 Å². The number of aryl methyl sites for hydroxylation is 2. The van der Waals surface area contributed by atoms with Crippen LogP contribution in [0, 0.1) is 13.8 Å². The molecular weight excluding hydrogens is 647 g/mol. The van der Waals surface area contributed by atoms with Crippen molar-refractivity contribution in [1.82, 2.24) is 9.71 Å². The van der Waals surface area contributed by atoms with E-state index in [0.29, 0.717) is 11.8 Å². The standard InChI is InChI=1S/C18H22BNO4S.C18H21NO3S/c1-13-10-17(25(23,24)16-5-3-4-15(21)11-16)6-7-18(13)14-8-9-20(12-14)19(2)22;1-13-10-17(6-7-18(13)14-8-9-19(2)12-14)23(21,22)16-5-3-4-15(20)11-16/h3-7,10-11,14,21-22H,8-9,12H2,1-2H3;3-7,10-11,14,20H,8-9,12H2,1-2H3. The van der Waals surface area contributed by atoms with Crippen molar-refractivity contribution in [3.8, 4) is 11.5 Å². The monoisotopic (exact) mass is 690 g/mol. The molecule has 0 aliphatic carbocycles. The Morgan fingerprint density at radius 1 is 0.646 bits per heavy atom. The number of phenolic OH excluding ortho intramolecular Hbond substituents is 2. The molecule has 2 fully saturated rings. The molecule has 6 rings (SSSR count). The molecule has 9 nitrogen and oxygen atoms in total. The highest BCUT2D eigenvalue weighted by Gasteiger charge is 2.30. The Labute approximate surface area is 284 Å². The number of nitrogens with zero attached hydrogens (tertiary/aromatic N) is 2. The van der Waals surface area contributed by atoms with Crippen LogP contribution in [0.4, 0.5) is 0 Å². The van der Waals surface area contributed by atoms with Crippen LogP contribution in [-0.2, 0) is 19.7 Å². The highest BCUT2D eigenvalue weighted by molar-refractivity contribution is 7.91. The largest absolute Gasteiger partial charge is 0.508 e. The third kappa shape index (κ3) is 7.79. The number of hydrogen-bond acceptors (Lipinski definition) is 9. The fourth-order valence-corrected chi connectivity index (χ4v) is 9.46. The van der Waals surface area contributed by atoms with Crippen LogP contribution in [0.25, 0.3) is 0 Å². The maximum Gasteiger partial charge on any atom is 0.376 e. The van der Waals surface area contributed by atoms with Gasteiger partial charge in [-0.3, -0.25) is 0 Å². The molecule has 4 aromatic carbocycles. The summed E-state index contributed by atoms with van der Waals surface area (Å²) in [5.74, 6) is 0.650. The summed E-state index contributed by atoms with van der Waals surface area (Å²) in [5.41, 5.74) is 4.28. The molecule has 2 heterocycles. The molecule has 0 saturated carbocycles. The summed E-state index contributed by atoms with van der Waals surface area (Å²) in [7, 11) is -5.62. The second-order valence-corrected chi connectivity index (χ2v) is 16.8. The number of rotatable bonds is 7. The highest BCUT2D eigenvalue weighted by Crippen LogP contribution is 2.34. The summed E-state index contributed by atoms with van der Waals surface area (Å²) >= 11 is 0. The molecule has 3 N–H and O–H groups in total. The predicted octanol–water partition coefficient (Wildman–Crippen LogP) is 5.39. The lowest BCUT2D eigenvalue weighted by atomic mass is 9.85. The van der Waals surface area contributed by atoms with Gasteiger partial charge in [-0.25, -0.2) is 16.8 Å². The number of hydrogen-bond donors (Lipinski definition) is 3. The normalized spacial score (nSPS) is 18.8. The van der Waals surface area contributed by atoms with Gasteiger partial charge in [0.1, 0.15) is 11.5 Å². The van der Waals surface area contributed by atoms with Gasteiger partial charge in [-0.05, 0) is 155 Å². The lowest BCUT2D eigenvalue weighted by Gasteiger charge is -2.18. The van der Waals surface area contributed by atoms with E-state index in [4.69, 9.17) is 0 Å². The van der Waals surface area contributed by atoms with Gasteiger partial charge in [-0.1, -0.05) is 24.3 Å². The third-order valence-corrected chi connectivity index (χ3v) is 12.9. The Bertz CT molecular complexity index is 2000. The van der Waals surface area contributed by atoms with Crippen molar-refractivity contribution < 1.29 is 32.1 Å². The molecule has 2 atom stereocenters. The average Bonchev–Trinajstić information content (AvgIpc) is 3.71. The van der Waals surface area contributed by atoms with Crippen molar-refractivity contribution in [2.75, 3.05) is 33.2 Å². The van der Waals surface area contributed by atoms with E-state index < -0.39 is 26.7 Å². The van der Waals surface area contributed by atoms with E-state index in [1.807, 2.05) is 30.8 Å². The summed E-state index contributed by atoms with van der Waals surface area (Å²) in [4.78, 5) is 5.01. The Morgan fingerprint density at radius 2 is 1.08 bits per heavy atom. The molecule has 4 aromatic rings. The van der Waals surface area contributed by atoms with Crippen molar-refractivity contribution in [1.29, 1.82) is 0 Å². The fraction of sp³-hybridized carbons (Fsp3) is 0.333. The van der Waals surface area contributed by atoms with Crippen molar-refractivity contribution in [3.05, 3.63) is 107 Å². The quantitative estimate of drug-likeness (QED) is 0.218. The van der Waals surface area contributed by atoms with E-state index >= 15 is 0 Å². The molecule has 0 radical (unpaired) electrons. The van der Waals surface area contributed by atoms with E-state index in [-0.39, 0.29) is 31.1 Å². The summed E-state index contributed by atoms with van der Waals surface area (Å²) in [6.45, 7) is 9.35. The van der Waals surface area contributed by atoms with E-state index in [0.717, 1.165) is 55.7 Å². The van der Waals surface area contributed by atoms with Crippen molar-refractivity contribution >= 4 is 26.7 Å². The SMILES string of the molecule is CB(O)N1CCC(c2ccc(S(=O)(=O)c3cccc(O)c3)cc2C)C1.Cc1cc(S(=O)(=O)c2cccc(O)c2)ccc1C1CCN(C)C1. The first kappa shape index (κ1) is 35.6. The second-order valence-electron chi connectivity index (χ2n) is 12.9. The van der Waals surface area contributed by atoms with Gasteiger partial charge in [0.25, 0.3) is 0 Å². The van der Waals surface area contributed by atoms with Crippen LogP contribution in [0.15, 0.2) is 105 Å². The van der Waals surface area contributed by atoms with Gasteiger partial charge in [0.05, 0.1) is 19.6 Å². The molecule has 2 unspecified atom stereocenters. The number of likely N-dealkylation sites (tertiary alicyclic amines) is 1. The first-order valence-corrected chi connectivity index (χ1v) is 19.0. The van der Waals surface area contributed by atoms with E-state index in [1.165, 1.54) is 54.1 Å². The third-order valence-electron chi connectivity index (χ3n) is 9.38.